The third kappa shape index (κ3) is 3.80. The minimum atomic E-state index is 0.427. The third-order valence-electron chi connectivity index (χ3n) is 3.51. The van der Waals surface area contributed by atoms with E-state index in [9.17, 15) is 0 Å². The summed E-state index contributed by atoms with van der Waals surface area (Å²) >= 11 is 0. The minimum absolute atomic E-state index is 0.427. The molecule has 3 heteroatoms. The van der Waals surface area contributed by atoms with Crippen LogP contribution < -0.4 is 5.73 Å². The molecule has 1 saturated heterocycles. The number of ether oxygens (including phenoxy) is 1. The van der Waals surface area contributed by atoms with E-state index in [2.05, 4.69) is 36.2 Å². The average Bonchev–Trinajstić information content (AvgIpc) is 2.84. The average molecular weight is 248 g/mol. The molecule has 0 amide bonds. The van der Waals surface area contributed by atoms with Gasteiger partial charge < -0.3 is 10.5 Å². The molecule has 2 N–H and O–H groups in total. The number of nitrogens with zero attached hydrogens (tertiary/aromatic N) is 1. The van der Waals surface area contributed by atoms with E-state index in [1.165, 1.54) is 24.0 Å². The van der Waals surface area contributed by atoms with Crippen LogP contribution in [-0.4, -0.2) is 37.7 Å². The first-order chi connectivity index (χ1) is 8.79. The molecular formula is C15H24N2O. The normalized spacial score (nSPS) is 19.6. The monoisotopic (exact) mass is 248 g/mol. The highest BCUT2D eigenvalue weighted by Gasteiger charge is 2.17. The van der Waals surface area contributed by atoms with E-state index in [1.807, 2.05) is 0 Å². The molecule has 1 aliphatic rings. The van der Waals surface area contributed by atoms with Crippen molar-refractivity contribution in [1.82, 2.24) is 4.90 Å². The summed E-state index contributed by atoms with van der Waals surface area (Å²) in [4.78, 5) is 2.35. The Morgan fingerprint density at radius 1 is 1.33 bits per heavy atom. The van der Waals surface area contributed by atoms with Gasteiger partial charge in [0.05, 0.1) is 6.10 Å². The van der Waals surface area contributed by atoms with Gasteiger partial charge in [-0.3, -0.25) is 4.90 Å². The van der Waals surface area contributed by atoms with Gasteiger partial charge in [0.15, 0.2) is 0 Å². The minimum Gasteiger partial charge on any atom is -0.377 e. The first-order valence-corrected chi connectivity index (χ1v) is 6.86. The van der Waals surface area contributed by atoms with Gasteiger partial charge in [-0.25, -0.2) is 0 Å². The topological polar surface area (TPSA) is 38.5 Å². The first kappa shape index (κ1) is 13.5. The molecule has 3 nitrogen and oxygen atoms in total. The number of benzene rings is 1. The molecule has 1 unspecified atom stereocenters. The summed E-state index contributed by atoms with van der Waals surface area (Å²) in [5, 5.41) is 0. The number of likely N-dealkylation sites (N-methyl/N-ethyl adjacent to an activating group) is 1. The van der Waals surface area contributed by atoms with E-state index in [1.54, 1.807) is 0 Å². The molecule has 1 aromatic rings. The standard InChI is InChI=1S/C15H24N2O/c1-17(12-15-7-4-10-18-15)11-14-6-3-2-5-13(14)8-9-16/h2-3,5-6,15H,4,7-12,16H2,1H3. The lowest BCUT2D eigenvalue weighted by molar-refractivity contribution is 0.0792. The van der Waals surface area contributed by atoms with Crippen molar-refractivity contribution in [2.45, 2.75) is 31.9 Å². The van der Waals surface area contributed by atoms with Gasteiger partial charge in [0.2, 0.25) is 0 Å². The molecule has 1 fully saturated rings. The highest BCUT2D eigenvalue weighted by atomic mass is 16.5. The Bertz CT molecular complexity index is 361. The lowest BCUT2D eigenvalue weighted by Gasteiger charge is -2.21. The molecule has 1 aromatic carbocycles. The van der Waals surface area contributed by atoms with Crippen molar-refractivity contribution in [1.29, 1.82) is 0 Å². The lowest BCUT2D eigenvalue weighted by Crippen LogP contribution is -2.28. The van der Waals surface area contributed by atoms with Crippen LogP contribution in [0, 0.1) is 0 Å². The Morgan fingerprint density at radius 2 is 2.11 bits per heavy atom. The molecule has 100 valence electrons. The Balaban J connectivity index is 1.90. The van der Waals surface area contributed by atoms with Gasteiger partial charge in [0.25, 0.3) is 0 Å². The second kappa shape index (κ2) is 6.88. The summed E-state index contributed by atoms with van der Waals surface area (Å²) in [5.74, 6) is 0. The summed E-state index contributed by atoms with van der Waals surface area (Å²) in [6, 6.07) is 8.59. The third-order valence-corrected chi connectivity index (χ3v) is 3.51. The zero-order valence-corrected chi connectivity index (χ0v) is 11.3. The fourth-order valence-corrected chi connectivity index (χ4v) is 2.60. The summed E-state index contributed by atoms with van der Waals surface area (Å²) in [6.07, 6.45) is 3.80. The molecule has 0 aliphatic carbocycles. The molecule has 0 saturated carbocycles. The highest BCUT2D eigenvalue weighted by Crippen LogP contribution is 2.16. The molecule has 1 heterocycles. The quantitative estimate of drug-likeness (QED) is 0.834. The van der Waals surface area contributed by atoms with Crippen LogP contribution in [0.4, 0.5) is 0 Å². The number of nitrogens with two attached hydrogens (primary N) is 1. The van der Waals surface area contributed by atoms with Crippen molar-refractivity contribution in [3.8, 4) is 0 Å². The van der Waals surface area contributed by atoms with Crippen LogP contribution >= 0.6 is 0 Å². The molecule has 0 bridgehead atoms. The molecular weight excluding hydrogens is 224 g/mol. The van der Waals surface area contributed by atoms with E-state index in [4.69, 9.17) is 10.5 Å². The van der Waals surface area contributed by atoms with Crippen molar-refractivity contribution in [2.75, 3.05) is 26.7 Å². The van der Waals surface area contributed by atoms with E-state index >= 15 is 0 Å². The van der Waals surface area contributed by atoms with Crippen LogP contribution in [-0.2, 0) is 17.7 Å². The van der Waals surface area contributed by atoms with Crippen molar-refractivity contribution >= 4 is 0 Å². The van der Waals surface area contributed by atoms with Crippen LogP contribution in [0.15, 0.2) is 24.3 Å². The van der Waals surface area contributed by atoms with E-state index in [-0.39, 0.29) is 0 Å². The predicted molar refractivity (Wildman–Crippen MR) is 74.5 cm³/mol. The smallest absolute Gasteiger partial charge is 0.0702 e. The fourth-order valence-electron chi connectivity index (χ4n) is 2.60. The maximum absolute atomic E-state index is 5.68. The second-order valence-electron chi connectivity index (χ2n) is 5.14. The van der Waals surface area contributed by atoms with Gasteiger partial charge in [0, 0.05) is 19.7 Å². The molecule has 1 aliphatic heterocycles. The van der Waals surface area contributed by atoms with Gasteiger partial charge in [-0.1, -0.05) is 24.3 Å². The lowest BCUT2D eigenvalue weighted by atomic mass is 10.0. The molecule has 18 heavy (non-hydrogen) atoms. The summed E-state index contributed by atoms with van der Waals surface area (Å²) < 4.78 is 5.68. The van der Waals surface area contributed by atoms with Crippen LogP contribution in [0.2, 0.25) is 0 Å². The largest absolute Gasteiger partial charge is 0.377 e. The molecule has 0 radical (unpaired) electrons. The molecule has 2 rings (SSSR count). The Hall–Kier alpha value is -0.900. The number of rotatable bonds is 6. The van der Waals surface area contributed by atoms with Crippen LogP contribution in [0.25, 0.3) is 0 Å². The van der Waals surface area contributed by atoms with Gasteiger partial charge in [-0.2, -0.15) is 0 Å². The molecule has 1 atom stereocenters. The van der Waals surface area contributed by atoms with E-state index in [0.29, 0.717) is 12.6 Å². The van der Waals surface area contributed by atoms with Gasteiger partial charge in [-0.15, -0.1) is 0 Å². The van der Waals surface area contributed by atoms with Crippen LogP contribution in [0.3, 0.4) is 0 Å². The summed E-state index contributed by atoms with van der Waals surface area (Å²) in [6.45, 7) is 3.65. The summed E-state index contributed by atoms with van der Waals surface area (Å²) in [7, 11) is 2.17. The van der Waals surface area contributed by atoms with E-state index < -0.39 is 0 Å². The Morgan fingerprint density at radius 3 is 2.78 bits per heavy atom. The number of hydrogen-bond donors (Lipinski definition) is 1. The summed E-state index contributed by atoms with van der Waals surface area (Å²) in [5.41, 5.74) is 8.43. The van der Waals surface area contributed by atoms with Gasteiger partial charge in [0.1, 0.15) is 0 Å². The highest BCUT2D eigenvalue weighted by molar-refractivity contribution is 5.27. The van der Waals surface area contributed by atoms with Gasteiger partial charge >= 0.3 is 0 Å². The van der Waals surface area contributed by atoms with Crippen molar-refractivity contribution in [3.63, 3.8) is 0 Å². The Kier molecular flexibility index (Phi) is 5.17. The molecule has 0 spiro atoms. The van der Waals surface area contributed by atoms with Crippen LogP contribution in [0.5, 0.6) is 0 Å². The first-order valence-electron chi connectivity index (χ1n) is 6.86. The predicted octanol–water partition coefficient (Wildman–Crippen LogP) is 1.80. The van der Waals surface area contributed by atoms with Crippen molar-refractivity contribution < 1.29 is 4.74 Å². The Labute approximate surface area is 110 Å². The zero-order valence-electron chi connectivity index (χ0n) is 11.3. The fraction of sp³-hybridized carbons (Fsp3) is 0.600. The zero-order chi connectivity index (χ0) is 12.8. The maximum atomic E-state index is 5.68. The van der Waals surface area contributed by atoms with Crippen LogP contribution in [0.1, 0.15) is 24.0 Å². The SMILES string of the molecule is CN(Cc1ccccc1CCN)CC1CCCO1. The number of hydrogen-bond acceptors (Lipinski definition) is 3. The maximum Gasteiger partial charge on any atom is 0.0702 e. The van der Waals surface area contributed by atoms with Crippen molar-refractivity contribution in [2.24, 2.45) is 5.73 Å². The van der Waals surface area contributed by atoms with E-state index in [0.717, 1.165) is 26.1 Å². The van der Waals surface area contributed by atoms with Crippen molar-refractivity contribution in [3.05, 3.63) is 35.4 Å². The molecule has 0 aromatic heterocycles. The second-order valence-corrected chi connectivity index (χ2v) is 5.14. The van der Waals surface area contributed by atoms with Gasteiger partial charge in [-0.05, 0) is 44.0 Å².